The summed E-state index contributed by atoms with van der Waals surface area (Å²) in [6.07, 6.45) is 11.4. The number of nitrogens with one attached hydrogen (secondary N) is 1. The number of nitrogens with zero attached hydrogens (tertiary/aromatic N) is 7. The second-order valence-corrected chi connectivity index (χ2v) is 10.1. The zero-order valence-electron chi connectivity index (χ0n) is 20.0. The van der Waals surface area contributed by atoms with Crippen molar-refractivity contribution in [1.29, 1.82) is 5.26 Å². The SMILES string of the molecule is COc1cc(-c2cnn(C3CCN(C(=O)N4CCC5(CC4)CNC5)CC3)c2)cn2ncc(C#N)c12. The van der Waals surface area contributed by atoms with E-state index in [1.165, 1.54) is 0 Å². The molecule has 0 saturated carbocycles. The maximum atomic E-state index is 13.1. The minimum Gasteiger partial charge on any atom is -0.494 e. The van der Waals surface area contributed by atoms with Crippen molar-refractivity contribution >= 4 is 11.5 Å². The van der Waals surface area contributed by atoms with Gasteiger partial charge in [-0.15, -0.1) is 0 Å². The van der Waals surface area contributed by atoms with E-state index >= 15 is 0 Å². The summed E-state index contributed by atoms with van der Waals surface area (Å²) in [6, 6.07) is 4.54. The van der Waals surface area contributed by atoms with Crippen LogP contribution in [0.25, 0.3) is 16.6 Å². The van der Waals surface area contributed by atoms with Crippen molar-refractivity contribution in [3.63, 3.8) is 0 Å². The van der Waals surface area contributed by atoms with Gasteiger partial charge in [-0.1, -0.05) is 0 Å². The zero-order valence-corrected chi connectivity index (χ0v) is 20.0. The molecule has 0 aromatic carbocycles. The van der Waals surface area contributed by atoms with Crippen molar-refractivity contribution in [2.45, 2.75) is 31.7 Å². The van der Waals surface area contributed by atoms with Crippen LogP contribution in [0.15, 0.2) is 30.9 Å². The van der Waals surface area contributed by atoms with Crippen molar-refractivity contribution in [3.05, 3.63) is 36.4 Å². The Bertz CT molecular complexity index is 1280. The highest BCUT2D eigenvalue weighted by Gasteiger charge is 2.41. The first-order valence-corrected chi connectivity index (χ1v) is 12.3. The lowest BCUT2D eigenvalue weighted by Gasteiger charge is -2.49. The summed E-state index contributed by atoms with van der Waals surface area (Å²) in [5.74, 6) is 0.605. The summed E-state index contributed by atoms with van der Waals surface area (Å²) in [5, 5.41) is 21.7. The summed E-state index contributed by atoms with van der Waals surface area (Å²) in [6.45, 7) is 5.48. The molecule has 2 amide bonds. The van der Waals surface area contributed by atoms with Gasteiger partial charge in [-0.3, -0.25) is 4.68 Å². The number of fused-ring (bicyclic) bond motifs is 1. The number of aromatic nitrogens is 4. The second-order valence-electron chi connectivity index (χ2n) is 10.1. The van der Waals surface area contributed by atoms with Crippen LogP contribution in [-0.4, -0.2) is 81.6 Å². The van der Waals surface area contributed by atoms with Crippen molar-refractivity contribution in [1.82, 2.24) is 34.5 Å². The Morgan fingerprint density at radius 3 is 2.49 bits per heavy atom. The number of carbonyl (C=O) groups excluding carboxylic acids is 1. The van der Waals surface area contributed by atoms with E-state index in [2.05, 4.69) is 21.6 Å². The van der Waals surface area contributed by atoms with Crippen LogP contribution in [0.4, 0.5) is 4.79 Å². The van der Waals surface area contributed by atoms with Crippen LogP contribution in [0.3, 0.4) is 0 Å². The molecule has 0 atom stereocenters. The third-order valence-corrected chi connectivity index (χ3v) is 8.06. The number of rotatable bonds is 3. The van der Waals surface area contributed by atoms with Gasteiger partial charge in [0.15, 0.2) is 0 Å². The molecule has 0 radical (unpaired) electrons. The molecule has 10 nitrogen and oxygen atoms in total. The molecular formula is C25H30N8O2. The number of hydrogen-bond donors (Lipinski definition) is 1. The number of hydrogen-bond acceptors (Lipinski definition) is 6. The molecule has 6 rings (SSSR count). The van der Waals surface area contributed by atoms with Gasteiger partial charge in [-0.05, 0) is 37.2 Å². The Labute approximate surface area is 204 Å². The van der Waals surface area contributed by atoms with E-state index in [4.69, 9.17) is 4.74 Å². The van der Waals surface area contributed by atoms with Gasteiger partial charge in [0.1, 0.15) is 22.9 Å². The van der Waals surface area contributed by atoms with Crippen LogP contribution in [0.1, 0.15) is 37.3 Å². The number of likely N-dealkylation sites (tertiary alicyclic amines) is 2. The van der Waals surface area contributed by atoms with Crippen molar-refractivity contribution in [3.8, 4) is 22.9 Å². The highest BCUT2D eigenvalue weighted by Crippen LogP contribution is 2.36. The Morgan fingerprint density at radius 2 is 1.83 bits per heavy atom. The summed E-state index contributed by atoms with van der Waals surface area (Å²) in [4.78, 5) is 17.1. The Balaban J connectivity index is 1.11. The van der Waals surface area contributed by atoms with Gasteiger partial charge in [-0.25, -0.2) is 9.31 Å². The number of pyridine rings is 1. The third-order valence-electron chi connectivity index (χ3n) is 8.06. The molecule has 182 valence electrons. The molecule has 3 fully saturated rings. The number of ether oxygens (including phenoxy) is 1. The zero-order chi connectivity index (χ0) is 24.0. The van der Waals surface area contributed by atoms with E-state index in [0.29, 0.717) is 22.2 Å². The van der Waals surface area contributed by atoms with Crippen LogP contribution in [0.5, 0.6) is 5.75 Å². The molecule has 1 spiro atoms. The summed E-state index contributed by atoms with van der Waals surface area (Å²) in [5.41, 5.74) is 3.48. The molecule has 3 aromatic heterocycles. The van der Waals surface area contributed by atoms with Gasteiger partial charge in [0.25, 0.3) is 0 Å². The Kier molecular flexibility index (Phi) is 5.37. The molecular weight excluding hydrogens is 444 g/mol. The molecule has 1 N–H and O–H groups in total. The fraction of sp³-hybridized carbons (Fsp3) is 0.520. The molecule has 0 unspecified atom stereocenters. The van der Waals surface area contributed by atoms with Crippen molar-refractivity contribution in [2.75, 3.05) is 46.4 Å². The van der Waals surface area contributed by atoms with Gasteiger partial charge in [-0.2, -0.15) is 15.5 Å². The molecule has 0 bridgehead atoms. The minimum atomic E-state index is 0.197. The van der Waals surface area contributed by atoms with E-state index in [1.807, 2.05) is 39.1 Å². The van der Waals surface area contributed by atoms with E-state index in [0.717, 1.165) is 76.1 Å². The quantitative estimate of drug-likeness (QED) is 0.626. The van der Waals surface area contributed by atoms with Crippen LogP contribution in [0, 0.1) is 16.7 Å². The molecule has 3 aromatic rings. The van der Waals surface area contributed by atoms with E-state index in [-0.39, 0.29) is 12.1 Å². The molecule has 3 saturated heterocycles. The predicted octanol–water partition coefficient (Wildman–Crippen LogP) is 2.52. The first kappa shape index (κ1) is 21.9. The Morgan fingerprint density at radius 1 is 1.09 bits per heavy atom. The van der Waals surface area contributed by atoms with Gasteiger partial charge in [0.05, 0.1) is 25.5 Å². The Hall–Kier alpha value is -3.58. The molecule has 10 heteroatoms. The van der Waals surface area contributed by atoms with Crippen LogP contribution >= 0.6 is 0 Å². The van der Waals surface area contributed by atoms with Crippen molar-refractivity contribution < 1.29 is 9.53 Å². The van der Waals surface area contributed by atoms with Gasteiger partial charge < -0.3 is 19.9 Å². The van der Waals surface area contributed by atoms with Gasteiger partial charge >= 0.3 is 6.03 Å². The van der Waals surface area contributed by atoms with Crippen LogP contribution in [0.2, 0.25) is 0 Å². The monoisotopic (exact) mass is 474 g/mol. The predicted molar refractivity (Wildman–Crippen MR) is 129 cm³/mol. The number of nitriles is 1. The lowest BCUT2D eigenvalue weighted by molar-refractivity contribution is 0.0547. The molecule has 3 aliphatic heterocycles. The molecule has 35 heavy (non-hydrogen) atoms. The third kappa shape index (κ3) is 3.80. The lowest BCUT2D eigenvalue weighted by atomic mass is 9.73. The highest BCUT2D eigenvalue weighted by atomic mass is 16.5. The largest absolute Gasteiger partial charge is 0.494 e. The number of piperidine rings is 2. The second kappa shape index (κ2) is 8.57. The lowest BCUT2D eigenvalue weighted by Crippen LogP contribution is -2.60. The number of carbonyl (C=O) groups is 1. The highest BCUT2D eigenvalue weighted by molar-refractivity contribution is 5.75. The summed E-state index contributed by atoms with van der Waals surface area (Å²) < 4.78 is 9.23. The fourth-order valence-electron chi connectivity index (χ4n) is 5.69. The smallest absolute Gasteiger partial charge is 0.320 e. The van der Waals surface area contributed by atoms with E-state index in [9.17, 15) is 10.1 Å². The van der Waals surface area contributed by atoms with Crippen LogP contribution in [-0.2, 0) is 0 Å². The van der Waals surface area contributed by atoms with Gasteiger partial charge in [0.2, 0.25) is 0 Å². The number of methoxy groups -OCH3 is 1. The molecule has 6 heterocycles. The number of urea groups is 1. The first-order chi connectivity index (χ1) is 17.1. The minimum absolute atomic E-state index is 0.197. The molecule has 3 aliphatic rings. The van der Waals surface area contributed by atoms with Crippen molar-refractivity contribution in [2.24, 2.45) is 5.41 Å². The fourth-order valence-corrected chi connectivity index (χ4v) is 5.69. The molecule has 0 aliphatic carbocycles. The maximum absolute atomic E-state index is 13.1. The summed E-state index contributed by atoms with van der Waals surface area (Å²) in [7, 11) is 1.60. The van der Waals surface area contributed by atoms with E-state index in [1.54, 1.807) is 17.8 Å². The van der Waals surface area contributed by atoms with E-state index < -0.39 is 0 Å². The normalized spacial score (nSPS) is 20.1. The average molecular weight is 475 g/mol. The average Bonchev–Trinajstić information content (AvgIpc) is 3.54. The van der Waals surface area contributed by atoms with Gasteiger partial charge in [0, 0.05) is 62.8 Å². The van der Waals surface area contributed by atoms with Crippen LogP contribution < -0.4 is 10.1 Å². The standard InChI is InChI=1S/C25H30N8O2/c1-35-22-10-18(14-33-23(22)19(11-26)12-29-33)20-13-28-32(15-20)21-2-6-30(7-3-21)24(34)31-8-4-25(5-9-31)16-27-17-25/h10,12-15,21,27H,2-9,16-17H2,1H3. The summed E-state index contributed by atoms with van der Waals surface area (Å²) >= 11 is 0. The maximum Gasteiger partial charge on any atom is 0.320 e. The number of amides is 2. The first-order valence-electron chi connectivity index (χ1n) is 12.3. The topological polar surface area (TPSA) is 104 Å².